The molecule has 0 unspecified atom stereocenters. The molecule has 0 spiro atoms. The number of ketones is 1. The molecule has 0 aromatic heterocycles. The fraction of sp³-hybridized carbons (Fsp3) is 0.318. The van der Waals surface area contributed by atoms with Crippen LogP contribution >= 0.6 is 0 Å². The first-order valence-electron chi connectivity index (χ1n) is 10.0. The third-order valence-electron chi connectivity index (χ3n) is 4.94. The number of carbonyl (C=O) groups excluding carboxylic acids is 3. The Hall–Kier alpha value is -3.04. The number of hydrogen-bond acceptors (Lipinski definition) is 6. The topological polar surface area (TPSA) is 110 Å². The van der Waals surface area contributed by atoms with Gasteiger partial charge in [0.15, 0.2) is 12.4 Å². The van der Waals surface area contributed by atoms with Crippen LogP contribution in [0.5, 0.6) is 0 Å². The first-order chi connectivity index (χ1) is 14.8. The molecule has 0 saturated carbocycles. The van der Waals surface area contributed by atoms with Gasteiger partial charge >= 0.3 is 5.97 Å². The first-order valence-corrected chi connectivity index (χ1v) is 11.5. The predicted octanol–water partition coefficient (Wildman–Crippen LogP) is 2.86. The highest BCUT2D eigenvalue weighted by molar-refractivity contribution is 7.89. The molecule has 1 saturated heterocycles. The monoisotopic (exact) mass is 444 g/mol. The lowest BCUT2D eigenvalue weighted by atomic mass is 10.1. The molecule has 3 rings (SSSR count). The predicted molar refractivity (Wildman–Crippen MR) is 114 cm³/mol. The summed E-state index contributed by atoms with van der Waals surface area (Å²) in [4.78, 5) is 36.0. The van der Waals surface area contributed by atoms with E-state index in [1.165, 1.54) is 28.6 Å². The van der Waals surface area contributed by atoms with E-state index in [1.807, 2.05) is 0 Å². The van der Waals surface area contributed by atoms with Crippen LogP contribution in [-0.2, 0) is 19.6 Å². The van der Waals surface area contributed by atoms with Crippen LogP contribution < -0.4 is 5.32 Å². The van der Waals surface area contributed by atoms with Gasteiger partial charge in [0.25, 0.3) is 0 Å². The van der Waals surface area contributed by atoms with Gasteiger partial charge < -0.3 is 10.1 Å². The zero-order chi connectivity index (χ0) is 22.4. The maximum Gasteiger partial charge on any atom is 0.338 e. The molecule has 1 aliphatic heterocycles. The minimum Gasteiger partial charge on any atom is -0.454 e. The number of carbonyl (C=O) groups is 3. The number of esters is 1. The van der Waals surface area contributed by atoms with Crippen LogP contribution in [0.25, 0.3) is 0 Å². The number of nitrogens with zero attached hydrogens (tertiary/aromatic N) is 1. The molecule has 164 valence electrons. The summed E-state index contributed by atoms with van der Waals surface area (Å²) in [5, 5.41) is 2.68. The molecule has 8 nitrogen and oxygen atoms in total. The average molecular weight is 445 g/mol. The Morgan fingerprint density at radius 1 is 0.935 bits per heavy atom. The molecule has 1 aliphatic rings. The van der Waals surface area contributed by atoms with E-state index in [4.69, 9.17) is 4.74 Å². The Balaban J connectivity index is 1.56. The smallest absolute Gasteiger partial charge is 0.338 e. The summed E-state index contributed by atoms with van der Waals surface area (Å²) in [5.41, 5.74) is 1.07. The zero-order valence-electron chi connectivity index (χ0n) is 17.2. The summed E-state index contributed by atoms with van der Waals surface area (Å²) >= 11 is 0. The third kappa shape index (κ3) is 5.56. The van der Waals surface area contributed by atoms with Crippen molar-refractivity contribution in [3.8, 4) is 0 Å². The Labute approximate surface area is 181 Å². The molecular formula is C22H24N2O6S. The first kappa shape index (κ1) is 22.6. The summed E-state index contributed by atoms with van der Waals surface area (Å²) in [6, 6.07) is 11.8. The van der Waals surface area contributed by atoms with Crippen molar-refractivity contribution in [3.05, 3.63) is 59.7 Å². The van der Waals surface area contributed by atoms with Gasteiger partial charge in [-0.3, -0.25) is 9.59 Å². The van der Waals surface area contributed by atoms with Gasteiger partial charge in [-0.15, -0.1) is 0 Å². The molecule has 2 aromatic rings. The van der Waals surface area contributed by atoms with Crippen molar-refractivity contribution in [2.75, 3.05) is 25.0 Å². The fourth-order valence-electron chi connectivity index (χ4n) is 3.13. The van der Waals surface area contributed by atoms with E-state index in [-0.39, 0.29) is 16.4 Å². The van der Waals surface area contributed by atoms with Crippen molar-refractivity contribution in [1.82, 2.24) is 4.31 Å². The molecule has 9 heteroatoms. The van der Waals surface area contributed by atoms with Crippen molar-refractivity contribution in [3.63, 3.8) is 0 Å². The van der Waals surface area contributed by atoms with Gasteiger partial charge in [-0.1, -0.05) is 6.92 Å². The Bertz CT molecular complexity index is 1060. The lowest BCUT2D eigenvalue weighted by molar-refractivity contribution is -0.115. The number of benzene rings is 2. The third-order valence-corrected chi connectivity index (χ3v) is 6.85. The van der Waals surface area contributed by atoms with Gasteiger partial charge in [-0.25, -0.2) is 13.2 Å². The van der Waals surface area contributed by atoms with Gasteiger partial charge in [-0.2, -0.15) is 4.31 Å². The van der Waals surface area contributed by atoms with Gasteiger partial charge in [-0.05, 0) is 61.4 Å². The van der Waals surface area contributed by atoms with Crippen LogP contribution in [0.2, 0.25) is 0 Å². The Morgan fingerprint density at radius 2 is 1.52 bits per heavy atom. The summed E-state index contributed by atoms with van der Waals surface area (Å²) < 4.78 is 31.6. The van der Waals surface area contributed by atoms with Crippen molar-refractivity contribution in [2.24, 2.45) is 0 Å². The van der Waals surface area contributed by atoms with Crippen molar-refractivity contribution < 1.29 is 27.5 Å². The van der Waals surface area contributed by atoms with Crippen molar-refractivity contribution >= 4 is 33.4 Å². The number of amides is 1. The largest absolute Gasteiger partial charge is 0.454 e. The highest BCUT2D eigenvalue weighted by Crippen LogP contribution is 2.21. The van der Waals surface area contributed by atoms with Crippen LogP contribution in [0.1, 0.15) is 46.9 Å². The minimum atomic E-state index is -3.56. The lowest BCUT2D eigenvalue weighted by Crippen LogP contribution is -2.27. The van der Waals surface area contributed by atoms with Gasteiger partial charge in [0, 0.05) is 30.8 Å². The second kappa shape index (κ2) is 9.84. The normalized spacial score (nSPS) is 14.2. The van der Waals surface area contributed by atoms with E-state index in [0.717, 1.165) is 12.8 Å². The number of ether oxygens (including phenoxy) is 1. The van der Waals surface area contributed by atoms with E-state index in [9.17, 15) is 22.8 Å². The number of sulfonamides is 1. The minimum absolute atomic E-state index is 0.122. The second-order valence-electron chi connectivity index (χ2n) is 7.11. The molecule has 0 aliphatic carbocycles. The summed E-state index contributed by atoms with van der Waals surface area (Å²) in [7, 11) is -3.56. The molecule has 2 aromatic carbocycles. The number of rotatable bonds is 8. The van der Waals surface area contributed by atoms with Crippen LogP contribution in [0.15, 0.2) is 53.4 Å². The number of hydrogen-bond donors (Lipinski definition) is 1. The fourth-order valence-corrected chi connectivity index (χ4v) is 4.64. The SMILES string of the molecule is CCC(=O)Nc1ccc(C(=O)COC(=O)c2ccc(S(=O)(=O)N3CCCC3)cc2)cc1. The standard InChI is InChI=1S/C22H24N2O6S/c1-2-21(26)23-18-9-5-16(6-10-18)20(25)15-30-22(27)17-7-11-19(12-8-17)31(28,29)24-13-3-4-14-24/h5-12H,2-4,13-15H2,1H3,(H,23,26). The number of nitrogens with one attached hydrogen (secondary N) is 1. The second-order valence-corrected chi connectivity index (χ2v) is 9.05. The van der Waals surface area contributed by atoms with Gasteiger partial charge in [0.1, 0.15) is 0 Å². The Kier molecular flexibility index (Phi) is 7.19. The number of anilines is 1. The van der Waals surface area contributed by atoms with Gasteiger partial charge in [0.05, 0.1) is 10.5 Å². The van der Waals surface area contributed by atoms with Crippen LogP contribution in [0.4, 0.5) is 5.69 Å². The molecule has 1 fully saturated rings. The molecule has 0 atom stereocenters. The molecule has 31 heavy (non-hydrogen) atoms. The summed E-state index contributed by atoms with van der Waals surface area (Å²) in [6.45, 7) is 2.29. The zero-order valence-corrected chi connectivity index (χ0v) is 18.0. The van der Waals surface area contributed by atoms with E-state index < -0.39 is 28.4 Å². The molecule has 0 bridgehead atoms. The maximum atomic E-state index is 12.5. The van der Waals surface area contributed by atoms with Gasteiger partial charge in [0.2, 0.25) is 15.9 Å². The Morgan fingerprint density at radius 3 is 2.10 bits per heavy atom. The van der Waals surface area contributed by atoms with E-state index >= 15 is 0 Å². The van der Waals surface area contributed by atoms with Crippen molar-refractivity contribution in [1.29, 1.82) is 0 Å². The quantitative estimate of drug-likeness (QED) is 0.495. The summed E-state index contributed by atoms with van der Waals surface area (Å²) in [6.07, 6.45) is 2.03. The molecule has 0 radical (unpaired) electrons. The van der Waals surface area contributed by atoms with E-state index in [0.29, 0.717) is 30.8 Å². The molecule has 1 heterocycles. The van der Waals surface area contributed by atoms with E-state index in [1.54, 1.807) is 31.2 Å². The van der Waals surface area contributed by atoms with Crippen LogP contribution in [-0.4, -0.2) is 50.1 Å². The average Bonchev–Trinajstić information content (AvgIpc) is 3.33. The molecule has 1 amide bonds. The molecular weight excluding hydrogens is 420 g/mol. The molecule has 1 N–H and O–H groups in total. The number of Topliss-reactive ketones (excluding diaryl/α,β-unsaturated/α-hetero) is 1. The van der Waals surface area contributed by atoms with Crippen LogP contribution in [0, 0.1) is 0 Å². The highest BCUT2D eigenvalue weighted by atomic mass is 32.2. The van der Waals surface area contributed by atoms with Crippen molar-refractivity contribution in [2.45, 2.75) is 31.1 Å². The van der Waals surface area contributed by atoms with E-state index in [2.05, 4.69) is 5.32 Å². The highest BCUT2D eigenvalue weighted by Gasteiger charge is 2.27. The lowest BCUT2D eigenvalue weighted by Gasteiger charge is -2.15. The van der Waals surface area contributed by atoms with Crippen LogP contribution in [0.3, 0.4) is 0 Å². The summed E-state index contributed by atoms with van der Waals surface area (Å²) in [5.74, 6) is -1.24. The maximum absolute atomic E-state index is 12.5.